The minimum atomic E-state index is 0.104. The van der Waals surface area contributed by atoms with Gasteiger partial charge in [-0.2, -0.15) is 0 Å². The van der Waals surface area contributed by atoms with E-state index >= 15 is 0 Å². The number of halogens is 1. The molecule has 0 aliphatic heterocycles. The van der Waals surface area contributed by atoms with Crippen LogP contribution in [-0.4, -0.2) is 25.0 Å². The van der Waals surface area contributed by atoms with Crippen LogP contribution in [0, 0.1) is 0 Å². The van der Waals surface area contributed by atoms with Gasteiger partial charge in [0.25, 0.3) is 0 Å². The van der Waals surface area contributed by atoms with Gasteiger partial charge in [-0.15, -0.1) is 0 Å². The molecule has 0 spiro atoms. The molecule has 0 saturated heterocycles. The molecule has 0 saturated carbocycles. The van der Waals surface area contributed by atoms with Gasteiger partial charge in [0.05, 0.1) is 0 Å². The quantitative estimate of drug-likeness (QED) is 0.687. The van der Waals surface area contributed by atoms with E-state index in [0.717, 1.165) is 10.9 Å². The van der Waals surface area contributed by atoms with Gasteiger partial charge >= 0.3 is 0 Å². The normalized spacial score (nSPS) is 12.2. The average molecular weight is 263 g/mol. The van der Waals surface area contributed by atoms with Gasteiger partial charge in [-0.05, 0) is 13.3 Å². The number of hydrogen-bond donors (Lipinski definition) is 2. The van der Waals surface area contributed by atoms with Crippen LogP contribution < -0.4 is 10.6 Å². The van der Waals surface area contributed by atoms with Crippen molar-refractivity contribution >= 4 is 21.8 Å². The molecule has 0 aliphatic rings. The van der Waals surface area contributed by atoms with Gasteiger partial charge in [0.1, 0.15) is 0 Å². The third-order valence-corrected chi connectivity index (χ3v) is 2.15. The molecule has 0 fully saturated rings. The zero-order valence-electron chi connectivity index (χ0n) is 8.90. The summed E-state index contributed by atoms with van der Waals surface area (Å²) in [5.41, 5.74) is 0. The highest BCUT2D eigenvalue weighted by Crippen LogP contribution is 1.96. The summed E-state index contributed by atoms with van der Waals surface area (Å²) < 4.78 is 0.903. The van der Waals surface area contributed by atoms with Crippen LogP contribution in [0.25, 0.3) is 0 Å². The highest BCUT2D eigenvalue weighted by Gasteiger charge is 2.04. The minimum absolute atomic E-state index is 0.104. The van der Waals surface area contributed by atoms with Gasteiger partial charge in [0.15, 0.2) is 0 Å². The summed E-state index contributed by atoms with van der Waals surface area (Å²) in [5.74, 6) is 0.104. The Morgan fingerprint density at radius 3 is 2.71 bits per heavy atom. The lowest BCUT2D eigenvalue weighted by atomic mass is 10.2. The van der Waals surface area contributed by atoms with E-state index in [1.165, 1.54) is 0 Å². The molecule has 1 amide bonds. The summed E-state index contributed by atoms with van der Waals surface area (Å²) >= 11 is 3.24. The van der Waals surface area contributed by atoms with Crippen LogP contribution in [0.5, 0.6) is 0 Å². The Kier molecular flexibility index (Phi) is 7.80. The van der Waals surface area contributed by atoms with Crippen molar-refractivity contribution in [1.29, 1.82) is 0 Å². The van der Waals surface area contributed by atoms with Crippen LogP contribution in [-0.2, 0) is 4.79 Å². The number of nitrogens with one attached hydrogen (secondary N) is 2. The standard InChI is InChI=1S/C10H19BrN2O/c1-4-9(3)13-10(14)5-6-12-7-8(2)11/h9,12H,2,4-7H2,1,3H3,(H,13,14). The van der Waals surface area contributed by atoms with Crippen molar-refractivity contribution in [2.75, 3.05) is 13.1 Å². The highest BCUT2D eigenvalue weighted by atomic mass is 79.9. The maximum absolute atomic E-state index is 11.3. The maximum atomic E-state index is 11.3. The molecule has 0 bridgehead atoms. The number of rotatable bonds is 7. The second-order valence-corrected chi connectivity index (χ2v) is 4.44. The average Bonchev–Trinajstić information content (AvgIpc) is 2.12. The first-order valence-electron chi connectivity index (χ1n) is 4.89. The van der Waals surface area contributed by atoms with E-state index in [0.29, 0.717) is 19.5 Å². The zero-order chi connectivity index (χ0) is 11.0. The van der Waals surface area contributed by atoms with E-state index < -0.39 is 0 Å². The SMILES string of the molecule is C=C(Br)CNCCC(=O)NC(C)CC. The molecule has 1 atom stereocenters. The van der Waals surface area contributed by atoms with E-state index in [1.807, 2.05) is 6.92 Å². The summed E-state index contributed by atoms with van der Waals surface area (Å²) in [6, 6.07) is 0.272. The fourth-order valence-electron chi connectivity index (χ4n) is 0.875. The van der Waals surface area contributed by atoms with Gasteiger partial charge in [-0.1, -0.05) is 29.4 Å². The van der Waals surface area contributed by atoms with Crippen molar-refractivity contribution in [2.24, 2.45) is 0 Å². The van der Waals surface area contributed by atoms with Crippen LogP contribution in [0.2, 0.25) is 0 Å². The topological polar surface area (TPSA) is 41.1 Å². The molecule has 14 heavy (non-hydrogen) atoms. The molecular weight excluding hydrogens is 244 g/mol. The lowest BCUT2D eigenvalue weighted by Gasteiger charge is -2.11. The van der Waals surface area contributed by atoms with Crippen molar-refractivity contribution in [3.63, 3.8) is 0 Å². The Balaban J connectivity index is 3.40. The van der Waals surface area contributed by atoms with Crippen LogP contribution in [0.4, 0.5) is 0 Å². The molecule has 0 aromatic heterocycles. The number of carbonyl (C=O) groups excluding carboxylic acids is 1. The summed E-state index contributed by atoms with van der Waals surface area (Å²) in [4.78, 5) is 11.3. The first kappa shape index (κ1) is 13.7. The predicted molar refractivity (Wildman–Crippen MR) is 63.4 cm³/mol. The molecule has 0 rings (SSSR count). The lowest BCUT2D eigenvalue weighted by Crippen LogP contribution is -2.34. The van der Waals surface area contributed by atoms with Gasteiger partial charge < -0.3 is 10.6 Å². The van der Waals surface area contributed by atoms with E-state index in [4.69, 9.17) is 0 Å². The Morgan fingerprint density at radius 1 is 1.57 bits per heavy atom. The first-order chi connectivity index (χ1) is 6.56. The Morgan fingerprint density at radius 2 is 2.21 bits per heavy atom. The summed E-state index contributed by atoms with van der Waals surface area (Å²) in [5, 5.41) is 6.00. The molecule has 0 heterocycles. The molecule has 3 nitrogen and oxygen atoms in total. The van der Waals surface area contributed by atoms with Gasteiger partial charge in [-0.3, -0.25) is 4.79 Å². The van der Waals surface area contributed by atoms with Crippen LogP contribution in [0.3, 0.4) is 0 Å². The molecule has 0 radical (unpaired) electrons. The fourth-order valence-corrected chi connectivity index (χ4v) is 1.07. The summed E-state index contributed by atoms with van der Waals surface area (Å²) in [6.45, 7) is 9.14. The Labute approximate surface area is 94.5 Å². The fraction of sp³-hybridized carbons (Fsp3) is 0.700. The minimum Gasteiger partial charge on any atom is -0.354 e. The molecule has 1 unspecified atom stereocenters. The van der Waals surface area contributed by atoms with Crippen molar-refractivity contribution in [3.8, 4) is 0 Å². The predicted octanol–water partition coefficient (Wildman–Crippen LogP) is 1.79. The second kappa shape index (κ2) is 8.00. The third-order valence-electron chi connectivity index (χ3n) is 1.87. The molecular formula is C10H19BrN2O. The van der Waals surface area contributed by atoms with Crippen molar-refractivity contribution in [2.45, 2.75) is 32.7 Å². The molecule has 82 valence electrons. The molecule has 0 aliphatic carbocycles. The summed E-state index contributed by atoms with van der Waals surface area (Å²) in [6.07, 6.45) is 1.49. The third kappa shape index (κ3) is 8.26. The van der Waals surface area contributed by atoms with Crippen molar-refractivity contribution < 1.29 is 4.79 Å². The van der Waals surface area contributed by atoms with Crippen LogP contribution >= 0.6 is 15.9 Å². The Hall–Kier alpha value is -0.350. The van der Waals surface area contributed by atoms with Crippen molar-refractivity contribution in [1.82, 2.24) is 10.6 Å². The lowest BCUT2D eigenvalue weighted by molar-refractivity contribution is -0.121. The van der Waals surface area contributed by atoms with Crippen LogP contribution in [0.15, 0.2) is 11.1 Å². The monoisotopic (exact) mass is 262 g/mol. The molecule has 0 aromatic rings. The molecule has 0 aromatic carbocycles. The van der Waals surface area contributed by atoms with E-state index in [1.54, 1.807) is 0 Å². The van der Waals surface area contributed by atoms with E-state index in [2.05, 4.69) is 40.1 Å². The van der Waals surface area contributed by atoms with E-state index in [-0.39, 0.29) is 11.9 Å². The van der Waals surface area contributed by atoms with Gasteiger partial charge in [0.2, 0.25) is 5.91 Å². The highest BCUT2D eigenvalue weighted by molar-refractivity contribution is 9.11. The number of amides is 1. The first-order valence-corrected chi connectivity index (χ1v) is 5.69. The van der Waals surface area contributed by atoms with Gasteiger partial charge in [0, 0.05) is 30.0 Å². The molecule has 2 N–H and O–H groups in total. The molecule has 4 heteroatoms. The van der Waals surface area contributed by atoms with Crippen molar-refractivity contribution in [3.05, 3.63) is 11.1 Å². The number of carbonyl (C=O) groups is 1. The maximum Gasteiger partial charge on any atom is 0.221 e. The smallest absolute Gasteiger partial charge is 0.221 e. The largest absolute Gasteiger partial charge is 0.354 e. The zero-order valence-corrected chi connectivity index (χ0v) is 10.5. The summed E-state index contributed by atoms with van der Waals surface area (Å²) in [7, 11) is 0. The Bertz CT molecular complexity index is 195. The second-order valence-electron chi connectivity index (χ2n) is 3.32. The van der Waals surface area contributed by atoms with E-state index in [9.17, 15) is 4.79 Å². The van der Waals surface area contributed by atoms with Crippen LogP contribution in [0.1, 0.15) is 26.7 Å². The number of hydrogen-bond acceptors (Lipinski definition) is 2. The van der Waals surface area contributed by atoms with Gasteiger partial charge in [-0.25, -0.2) is 0 Å².